The van der Waals surface area contributed by atoms with E-state index in [0.29, 0.717) is 12.8 Å². The lowest BCUT2D eigenvalue weighted by Gasteiger charge is -2.16. The van der Waals surface area contributed by atoms with Crippen molar-refractivity contribution in [2.75, 3.05) is 6.61 Å². The summed E-state index contributed by atoms with van der Waals surface area (Å²) in [6.07, 6.45) is 3.26. The van der Waals surface area contributed by atoms with Gasteiger partial charge in [0.15, 0.2) is 0 Å². The molecule has 1 rings (SSSR count). The number of ether oxygens (including phenoxy) is 1. The van der Waals surface area contributed by atoms with E-state index in [9.17, 15) is 13.2 Å². The molecule has 1 atom stereocenters. The molecule has 0 aromatic heterocycles. The van der Waals surface area contributed by atoms with Gasteiger partial charge in [-0.05, 0) is 26.7 Å². The number of sulfonamides is 1. The van der Waals surface area contributed by atoms with Crippen LogP contribution in [0.4, 0.5) is 0 Å². The first-order chi connectivity index (χ1) is 7.47. The number of hydrogen-bond donors (Lipinski definition) is 1. The third kappa shape index (κ3) is 3.45. The molecular formula is C10H19NO4S. The largest absolute Gasteiger partial charge is 0.465 e. The normalized spacial score (nSPS) is 19.6. The summed E-state index contributed by atoms with van der Waals surface area (Å²) < 4.78 is 30.8. The topological polar surface area (TPSA) is 72.5 Å². The molecule has 0 heterocycles. The van der Waals surface area contributed by atoms with E-state index in [0.717, 1.165) is 12.8 Å². The Kier molecular flexibility index (Phi) is 4.73. The standard InChI is InChI=1S/C10H19NO4S/c1-3-15-10(12)8(2)11-16(13,14)9-6-4-5-7-9/h8-9,11H,3-7H2,1-2H3. The second kappa shape index (κ2) is 5.63. The van der Waals surface area contributed by atoms with Crippen molar-refractivity contribution in [1.29, 1.82) is 0 Å². The van der Waals surface area contributed by atoms with Crippen LogP contribution in [0.25, 0.3) is 0 Å². The Labute approximate surface area is 96.6 Å². The monoisotopic (exact) mass is 249 g/mol. The van der Waals surface area contributed by atoms with E-state index < -0.39 is 22.0 Å². The Morgan fingerprint density at radius 2 is 2.00 bits per heavy atom. The fraction of sp³-hybridized carbons (Fsp3) is 0.900. The Bertz CT molecular complexity index is 333. The first-order valence-corrected chi connectivity index (χ1v) is 7.19. The van der Waals surface area contributed by atoms with E-state index in [-0.39, 0.29) is 11.9 Å². The van der Waals surface area contributed by atoms with Crippen LogP contribution >= 0.6 is 0 Å². The highest BCUT2D eigenvalue weighted by atomic mass is 32.2. The van der Waals surface area contributed by atoms with E-state index in [4.69, 9.17) is 4.74 Å². The molecule has 1 unspecified atom stereocenters. The molecule has 0 spiro atoms. The summed E-state index contributed by atoms with van der Waals surface area (Å²) >= 11 is 0. The molecule has 16 heavy (non-hydrogen) atoms. The summed E-state index contributed by atoms with van der Waals surface area (Å²) in [5.74, 6) is -0.524. The van der Waals surface area contributed by atoms with Crippen LogP contribution in [-0.4, -0.2) is 32.3 Å². The molecule has 0 aliphatic heterocycles. The summed E-state index contributed by atoms with van der Waals surface area (Å²) in [6, 6.07) is -0.800. The second-order valence-electron chi connectivity index (χ2n) is 4.04. The van der Waals surface area contributed by atoms with E-state index in [1.165, 1.54) is 6.92 Å². The second-order valence-corrected chi connectivity index (χ2v) is 6.04. The van der Waals surface area contributed by atoms with Gasteiger partial charge < -0.3 is 4.74 Å². The smallest absolute Gasteiger partial charge is 0.323 e. The van der Waals surface area contributed by atoms with Crippen molar-refractivity contribution in [3.8, 4) is 0 Å². The zero-order valence-corrected chi connectivity index (χ0v) is 10.5. The lowest BCUT2D eigenvalue weighted by atomic mass is 10.4. The molecule has 1 aliphatic rings. The highest BCUT2D eigenvalue weighted by Crippen LogP contribution is 2.24. The molecule has 0 amide bonds. The maximum atomic E-state index is 11.8. The van der Waals surface area contributed by atoms with Crippen LogP contribution in [0.3, 0.4) is 0 Å². The summed E-state index contributed by atoms with van der Waals surface area (Å²) in [4.78, 5) is 11.3. The van der Waals surface area contributed by atoms with Gasteiger partial charge >= 0.3 is 5.97 Å². The summed E-state index contributed by atoms with van der Waals surface area (Å²) in [5.41, 5.74) is 0. The van der Waals surface area contributed by atoms with Crippen molar-refractivity contribution in [3.63, 3.8) is 0 Å². The van der Waals surface area contributed by atoms with E-state index in [1.54, 1.807) is 6.92 Å². The Morgan fingerprint density at radius 1 is 1.44 bits per heavy atom. The average molecular weight is 249 g/mol. The number of hydrogen-bond acceptors (Lipinski definition) is 4. The average Bonchev–Trinajstić information content (AvgIpc) is 2.70. The van der Waals surface area contributed by atoms with Gasteiger partial charge in [-0.25, -0.2) is 13.1 Å². The molecule has 1 fully saturated rings. The van der Waals surface area contributed by atoms with Crippen molar-refractivity contribution in [2.45, 2.75) is 50.8 Å². The molecule has 0 aromatic rings. The maximum Gasteiger partial charge on any atom is 0.323 e. The van der Waals surface area contributed by atoms with Gasteiger partial charge in [-0.3, -0.25) is 4.79 Å². The Morgan fingerprint density at radius 3 is 2.50 bits per heavy atom. The Balaban J connectivity index is 2.54. The molecule has 6 heteroatoms. The lowest BCUT2D eigenvalue weighted by molar-refractivity contribution is -0.144. The summed E-state index contributed by atoms with van der Waals surface area (Å²) in [5, 5.41) is -0.343. The molecule has 94 valence electrons. The minimum atomic E-state index is -3.37. The predicted octanol–water partition coefficient (Wildman–Crippen LogP) is 0.800. The van der Waals surface area contributed by atoms with Gasteiger partial charge in [-0.15, -0.1) is 0 Å². The molecule has 5 nitrogen and oxygen atoms in total. The molecule has 1 saturated carbocycles. The lowest BCUT2D eigenvalue weighted by Crippen LogP contribution is -2.43. The van der Waals surface area contributed by atoms with E-state index in [1.807, 2.05) is 0 Å². The molecule has 0 saturated heterocycles. The maximum absolute atomic E-state index is 11.8. The molecular weight excluding hydrogens is 230 g/mol. The summed E-state index contributed by atoms with van der Waals surface area (Å²) in [7, 11) is -3.37. The van der Waals surface area contributed by atoms with Crippen LogP contribution in [0.2, 0.25) is 0 Å². The first kappa shape index (κ1) is 13.4. The van der Waals surface area contributed by atoms with Crippen molar-refractivity contribution in [3.05, 3.63) is 0 Å². The van der Waals surface area contributed by atoms with Crippen molar-refractivity contribution >= 4 is 16.0 Å². The van der Waals surface area contributed by atoms with Crippen LogP contribution in [-0.2, 0) is 19.6 Å². The fourth-order valence-corrected chi connectivity index (χ4v) is 3.59. The van der Waals surface area contributed by atoms with Gasteiger partial charge in [0.25, 0.3) is 0 Å². The van der Waals surface area contributed by atoms with Crippen molar-refractivity contribution in [2.24, 2.45) is 0 Å². The molecule has 0 bridgehead atoms. The Hall–Kier alpha value is -0.620. The van der Waals surface area contributed by atoms with Gasteiger partial charge in [0.2, 0.25) is 10.0 Å². The number of nitrogens with one attached hydrogen (secondary N) is 1. The fourth-order valence-electron chi connectivity index (χ4n) is 1.86. The quantitative estimate of drug-likeness (QED) is 0.731. The number of esters is 1. The third-order valence-electron chi connectivity index (χ3n) is 2.72. The minimum Gasteiger partial charge on any atom is -0.465 e. The number of rotatable bonds is 5. The molecule has 0 aromatic carbocycles. The molecule has 1 aliphatic carbocycles. The van der Waals surface area contributed by atoms with Crippen LogP contribution in [0.1, 0.15) is 39.5 Å². The van der Waals surface area contributed by atoms with Crippen LogP contribution in [0.5, 0.6) is 0 Å². The number of carbonyl (C=O) groups is 1. The van der Waals surface area contributed by atoms with Crippen molar-refractivity contribution < 1.29 is 17.9 Å². The SMILES string of the molecule is CCOC(=O)C(C)NS(=O)(=O)C1CCCC1. The van der Waals surface area contributed by atoms with Gasteiger partial charge in [-0.2, -0.15) is 0 Å². The van der Waals surface area contributed by atoms with Gasteiger partial charge in [-0.1, -0.05) is 12.8 Å². The third-order valence-corrected chi connectivity index (χ3v) is 4.75. The van der Waals surface area contributed by atoms with Gasteiger partial charge in [0, 0.05) is 0 Å². The summed E-state index contributed by atoms with van der Waals surface area (Å²) in [6.45, 7) is 3.45. The molecule has 1 N–H and O–H groups in total. The number of carbonyl (C=O) groups excluding carboxylic acids is 1. The van der Waals surface area contributed by atoms with Crippen LogP contribution < -0.4 is 4.72 Å². The molecule has 0 radical (unpaired) electrons. The van der Waals surface area contributed by atoms with Crippen LogP contribution in [0.15, 0.2) is 0 Å². The first-order valence-electron chi connectivity index (χ1n) is 5.65. The zero-order chi connectivity index (χ0) is 12.2. The van der Waals surface area contributed by atoms with Crippen LogP contribution in [0, 0.1) is 0 Å². The highest BCUT2D eigenvalue weighted by molar-refractivity contribution is 7.90. The minimum absolute atomic E-state index is 0.258. The van der Waals surface area contributed by atoms with Crippen molar-refractivity contribution in [1.82, 2.24) is 4.72 Å². The van der Waals surface area contributed by atoms with E-state index >= 15 is 0 Å². The zero-order valence-electron chi connectivity index (χ0n) is 9.73. The van der Waals surface area contributed by atoms with Gasteiger partial charge in [0.05, 0.1) is 11.9 Å². The van der Waals surface area contributed by atoms with E-state index in [2.05, 4.69) is 4.72 Å². The highest BCUT2D eigenvalue weighted by Gasteiger charge is 2.31. The van der Waals surface area contributed by atoms with Gasteiger partial charge in [0.1, 0.15) is 6.04 Å². The predicted molar refractivity (Wildman–Crippen MR) is 60.4 cm³/mol.